The molecule has 2 aromatic rings. The summed E-state index contributed by atoms with van der Waals surface area (Å²) in [7, 11) is 0. The first-order valence-electron chi connectivity index (χ1n) is 5.00. The lowest BCUT2D eigenvalue weighted by molar-refractivity contribution is 0.181. The van der Waals surface area contributed by atoms with Crippen LogP contribution in [0.1, 0.15) is 22.2 Å². The molecule has 16 heavy (non-hydrogen) atoms. The first-order chi connectivity index (χ1) is 7.68. The topological polar surface area (TPSA) is 33.1 Å². The van der Waals surface area contributed by atoms with Gasteiger partial charge in [-0.2, -0.15) is 0 Å². The first-order valence-corrected chi connectivity index (χ1v) is 6.67. The van der Waals surface area contributed by atoms with E-state index < -0.39 is 6.10 Å². The Kier molecular flexibility index (Phi) is 3.74. The number of hydrogen-bond donors (Lipinski definition) is 1. The summed E-state index contributed by atoms with van der Waals surface area (Å²) < 4.78 is 1.04. The highest BCUT2D eigenvalue weighted by Gasteiger charge is 2.14. The number of aliphatic hydroxyl groups excluding tert-OH is 1. The molecule has 2 nitrogen and oxygen atoms in total. The molecule has 0 amide bonds. The molecule has 1 unspecified atom stereocenters. The van der Waals surface area contributed by atoms with Crippen molar-refractivity contribution >= 4 is 27.3 Å². The molecule has 1 aromatic carbocycles. The van der Waals surface area contributed by atoms with Crippen LogP contribution in [0.5, 0.6) is 0 Å². The Labute approximate surface area is 107 Å². The van der Waals surface area contributed by atoms with E-state index in [0.29, 0.717) is 6.42 Å². The zero-order valence-electron chi connectivity index (χ0n) is 8.85. The van der Waals surface area contributed by atoms with Crippen molar-refractivity contribution in [1.29, 1.82) is 0 Å². The Morgan fingerprint density at radius 3 is 2.81 bits per heavy atom. The highest BCUT2D eigenvalue weighted by atomic mass is 79.9. The fraction of sp³-hybridized carbons (Fsp3) is 0.250. The van der Waals surface area contributed by atoms with Gasteiger partial charge in [0.1, 0.15) is 0 Å². The Morgan fingerprint density at radius 2 is 2.19 bits per heavy atom. The molecule has 0 saturated heterocycles. The second-order valence-electron chi connectivity index (χ2n) is 3.61. The number of rotatable bonds is 3. The van der Waals surface area contributed by atoms with E-state index in [2.05, 4.69) is 20.9 Å². The van der Waals surface area contributed by atoms with Crippen LogP contribution in [0.4, 0.5) is 0 Å². The van der Waals surface area contributed by atoms with Crippen molar-refractivity contribution in [2.45, 2.75) is 19.4 Å². The van der Waals surface area contributed by atoms with Gasteiger partial charge in [-0.05, 0) is 18.6 Å². The van der Waals surface area contributed by atoms with Gasteiger partial charge in [-0.3, -0.25) is 0 Å². The molecule has 0 aliphatic rings. The van der Waals surface area contributed by atoms with Crippen LogP contribution in [-0.4, -0.2) is 10.1 Å². The molecule has 1 atom stereocenters. The quantitative estimate of drug-likeness (QED) is 0.941. The SMILES string of the molecule is Cc1ncsc1C(O)Cc1ccccc1Br. The predicted octanol–water partition coefficient (Wildman–Crippen LogP) is 3.49. The third-order valence-corrected chi connectivity index (χ3v) is 4.26. The van der Waals surface area contributed by atoms with E-state index in [1.165, 1.54) is 11.3 Å². The van der Waals surface area contributed by atoms with Gasteiger partial charge in [0, 0.05) is 10.9 Å². The number of nitrogens with zero attached hydrogens (tertiary/aromatic N) is 1. The maximum absolute atomic E-state index is 10.1. The van der Waals surface area contributed by atoms with Gasteiger partial charge in [-0.25, -0.2) is 4.98 Å². The average molecular weight is 298 g/mol. The molecule has 4 heteroatoms. The normalized spacial score (nSPS) is 12.7. The van der Waals surface area contributed by atoms with Crippen molar-refractivity contribution in [3.8, 4) is 0 Å². The first kappa shape index (κ1) is 11.8. The van der Waals surface area contributed by atoms with Crippen LogP contribution in [0, 0.1) is 6.92 Å². The predicted molar refractivity (Wildman–Crippen MR) is 69.7 cm³/mol. The summed E-state index contributed by atoms with van der Waals surface area (Å²) in [4.78, 5) is 5.10. The minimum absolute atomic E-state index is 0.466. The van der Waals surface area contributed by atoms with Gasteiger partial charge in [0.25, 0.3) is 0 Å². The van der Waals surface area contributed by atoms with Crippen molar-refractivity contribution in [2.75, 3.05) is 0 Å². The summed E-state index contributed by atoms with van der Waals surface area (Å²) in [5.74, 6) is 0. The van der Waals surface area contributed by atoms with Crippen LogP contribution < -0.4 is 0 Å². The highest BCUT2D eigenvalue weighted by molar-refractivity contribution is 9.10. The van der Waals surface area contributed by atoms with E-state index in [1.54, 1.807) is 5.51 Å². The van der Waals surface area contributed by atoms with Gasteiger partial charge in [-0.1, -0.05) is 34.1 Å². The third-order valence-electron chi connectivity index (χ3n) is 2.46. The van der Waals surface area contributed by atoms with Gasteiger partial charge in [0.2, 0.25) is 0 Å². The van der Waals surface area contributed by atoms with Crippen LogP contribution in [0.3, 0.4) is 0 Å². The van der Waals surface area contributed by atoms with Crippen LogP contribution >= 0.6 is 27.3 Å². The Hall–Kier alpha value is -0.710. The molecule has 1 heterocycles. The molecule has 0 spiro atoms. The van der Waals surface area contributed by atoms with Crippen molar-refractivity contribution in [3.63, 3.8) is 0 Å². The molecular formula is C12H12BrNOS. The highest BCUT2D eigenvalue weighted by Crippen LogP contribution is 2.27. The lowest BCUT2D eigenvalue weighted by atomic mass is 10.1. The van der Waals surface area contributed by atoms with E-state index in [-0.39, 0.29) is 0 Å². The van der Waals surface area contributed by atoms with E-state index >= 15 is 0 Å². The number of hydrogen-bond acceptors (Lipinski definition) is 3. The van der Waals surface area contributed by atoms with Gasteiger partial charge >= 0.3 is 0 Å². The lowest BCUT2D eigenvalue weighted by Gasteiger charge is -2.10. The van der Waals surface area contributed by atoms with Crippen molar-refractivity contribution in [2.24, 2.45) is 0 Å². The van der Waals surface area contributed by atoms with Crippen LogP contribution in [0.25, 0.3) is 0 Å². The number of aromatic nitrogens is 1. The number of thiazole rings is 1. The molecule has 0 fully saturated rings. The van der Waals surface area contributed by atoms with Gasteiger partial charge in [0.15, 0.2) is 0 Å². The minimum atomic E-state index is -0.466. The fourth-order valence-electron chi connectivity index (χ4n) is 1.60. The van der Waals surface area contributed by atoms with Crippen molar-refractivity contribution < 1.29 is 5.11 Å². The second-order valence-corrected chi connectivity index (χ2v) is 5.35. The summed E-state index contributed by atoms with van der Waals surface area (Å²) in [6.07, 6.45) is 0.149. The molecule has 84 valence electrons. The maximum Gasteiger partial charge on any atom is 0.0941 e. The molecule has 1 N–H and O–H groups in total. The van der Waals surface area contributed by atoms with E-state index in [4.69, 9.17) is 0 Å². The number of benzene rings is 1. The number of halogens is 1. The Morgan fingerprint density at radius 1 is 1.44 bits per heavy atom. The smallest absolute Gasteiger partial charge is 0.0941 e. The van der Waals surface area contributed by atoms with Crippen LogP contribution in [0.2, 0.25) is 0 Å². The molecule has 0 radical (unpaired) electrons. The Balaban J connectivity index is 2.17. The lowest BCUT2D eigenvalue weighted by Crippen LogP contribution is -2.02. The minimum Gasteiger partial charge on any atom is -0.387 e. The number of aliphatic hydroxyl groups is 1. The van der Waals surface area contributed by atoms with Gasteiger partial charge in [-0.15, -0.1) is 11.3 Å². The fourth-order valence-corrected chi connectivity index (χ4v) is 2.83. The zero-order chi connectivity index (χ0) is 11.5. The zero-order valence-corrected chi connectivity index (χ0v) is 11.3. The van der Waals surface area contributed by atoms with Crippen molar-refractivity contribution in [1.82, 2.24) is 4.98 Å². The molecule has 0 saturated carbocycles. The number of aryl methyl sites for hydroxylation is 1. The summed E-state index contributed by atoms with van der Waals surface area (Å²) in [5, 5.41) is 10.1. The standard InChI is InChI=1S/C12H12BrNOS/c1-8-12(16-7-14-8)11(15)6-9-4-2-3-5-10(9)13/h2-5,7,11,15H,6H2,1H3. The van der Waals surface area contributed by atoms with Crippen molar-refractivity contribution in [3.05, 3.63) is 50.4 Å². The molecule has 0 aliphatic heterocycles. The summed E-state index contributed by atoms with van der Waals surface area (Å²) >= 11 is 4.99. The molecule has 1 aromatic heterocycles. The van der Waals surface area contributed by atoms with Gasteiger partial charge in [0.05, 0.1) is 22.2 Å². The largest absolute Gasteiger partial charge is 0.387 e. The maximum atomic E-state index is 10.1. The average Bonchev–Trinajstić information content (AvgIpc) is 2.68. The second kappa shape index (κ2) is 5.08. The third kappa shape index (κ3) is 2.51. The molecule has 2 rings (SSSR count). The molecule has 0 bridgehead atoms. The monoisotopic (exact) mass is 297 g/mol. The molecular weight excluding hydrogens is 286 g/mol. The van der Waals surface area contributed by atoms with E-state index in [0.717, 1.165) is 20.6 Å². The van der Waals surface area contributed by atoms with E-state index in [1.807, 2.05) is 31.2 Å². The Bertz CT molecular complexity index is 483. The summed E-state index contributed by atoms with van der Waals surface area (Å²) in [6.45, 7) is 1.93. The molecule has 0 aliphatic carbocycles. The summed E-state index contributed by atoms with van der Waals surface area (Å²) in [5.41, 5.74) is 3.81. The van der Waals surface area contributed by atoms with Gasteiger partial charge < -0.3 is 5.11 Å². The van der Waals surface area contributed by atoms with Crippen LogP contribution in [-0.2, 0) is 6.42 Å². The van der Waals surface area contributed by atoms with Crippen LogP contribution in [0.15, 0.2) is 34.2 Å². The summed E-state index contributed by atoms with van der Waals surface area (Å²) in [6, 6.07) is 7.95. The van der Waals surface area contributed by atoms with E-state index in [9.17, 15) is 5.11 Å².